The Labute approximate surface area is 394 Å². The van der Waals surface area contributed by atoms with E-state index in [2.05, 4.69) is 21.3 Å². The summed E-state index contributed by atoms with van der Waals surface area (Å²) in [6, 6.07) is 3.43. The molecule has 4 aliphatic heterocycles. The number of amides is 4. The molecule has 0 radical (unpaired) electrons. The first-order chi connectivity index (χ1) is 32.6. The van der Waals surface area contributed by atoms with E-state index in [9.17, 15) is 69.5 Å². The van der Waals surface area contributed by atoms with E-state index in [4.69, 9.17) is 18.9 Å². The molecule has 5 rings (SSSR count). The van der Waals surface area contributed by atoms with Crippen molar-refractivity contribution < 1.29 is 83.3 Å². The zero-order valence-electron chi connectivity index (χ0n) is 37.2. The molecule has 4 aliphatic rings. The second-order valence-corrected chi connectivity index (χ2v) is 17.9. The van der Waals surface area contributed by atoms with Gasteiger partial charge in [-0.05, 0) is 25.0 Å². The van der Waals surface area contributed by atoms with Gasteiger partial charge in [0, 0.05) is 82.9 Å². The summed E-state index contributed by atoms with van der Waals surface area (Å²) in [4.78, 5) is 91.3. The second-order valence-electron chi connectivity index (χ2n) is 16.6. The summed E-state index contributed by atoms with van der Waals surface area (Å²) in [6.45, 7) is 0.314. The number of fused-ring (bicyclic) bond motifs is 1. The molecular weight excluding hydrogens is 927 g/mol. The van der Waals surface area contributed by atoms with Gasteiger partial charge in [0.05, 0.1) is 41.8 Å². The van der Waals surface area contributed by atoms with Gasteiger partial charge in [0.2, 0.25) is 12.2 Å². The normalized spacial score (nSPS) is 27.0. The van der Waals surface area contributed by atoms with Gasteiger partial charge in [-0.1, -0.05) is 6.42 Å². The number of aliphatic carboxylic acids is 2. The van der Waals surface area contributed by atoms with Gasteiger partial charge in [-0.2, -0.15) is 11.8 Å². The highest BCUT2D eigenvalue weighted by atomic mass is 32.2. The number of nitrogens with zero attached hydrogens (tertiary/aromatic N) is 5. The van der Waals surface area contributed by atoms with Crippen molar-refractivity contribution in [2.24, 2.45) is 0 Å². The lowest BCUT2D eigenvalue weighted by molar-refractivity contribution is -0.386. The molecule has 0 spiro atoms. The summed E-state index contributed by atoms with van der Waals surface area (Å²) >= 11 is 1.76. The number of carbonyl (C=O) groups excluding carboxylic acids is 4. The number of hydrogen-bond acceptors (Lipinski definition) is 21. The molecule has 4 fully saturated rings. The van der Waals surface area contributed by atoms with E-state index in [1.165, 1.54) is 17.0 Å². The predicted molar refractivity (Wildman–Crippen MR) is 235 cm³/mol. The quantitative estimate of drug-likeness (QED) is 0.0179. The fourth-order valence-electron chi connectivity index (χ4n) is 8.17. The number of aliphatic hydroxyl groups is 4. The lowest BCUT2D eigenvalue weighted by Crippen LogP contribution is -2.60. The molecule has 28 heteroatoms. The van der Waals surface area contributed by atoms with Crippen molar-refractivity contribution in [1.29, 1.82) is 0 Å². The first-order valence-electron chi connectivity index (χ1n) is 22.1. The third-order valence-corrected chi connectivity index (χ3v) is 13.5. The van der Waals surface area contributed by atoms with Crippen molar-refractivity contribution in [2.75, 3.05) is 91.1 Å². The van der Waals surface area contributed by atoms with Gasteiger partial charge in [-0.15, -0.1) is 0 Å². The van der Waals surface area contributed by atoms with Crippen LogP contribution in [0.3, 0.4) is 0 Å². The Morgan fingerprint density at radius 1 is 0.971 bits per heavy atom. The molecule has 1 aromatic carbocycles. The number of aliphatic hydroxyl groups excluding tert-OH is 4. The van der Waals surface area contributed by atoms with Crippen LogP contribution in [0.2, 0.25) is 0 Å². The van der Waals surface area contributed by atoms with E-state index in [1.54, 1.807) is 21.6 Å². The van der Waals surface area contributed by atoms with Crippen LogP contribution >= 0.6 is 11.8 Å². The Balaban J connectivity index is 1.13. The monoisotopic (exact) mass is 987 g/mol. The maximum atomic E-state index is 13.1. The van der Waals surface area contributed by atoms with E-state index in [0.717, 1.165) is 18.2 Å². The van der Waals surface area contributed by atoms with Crippen LogP contribution in [0.15, 0.2) is 18.2 Å². The average molecular weight is 988 g/mol. The maximum absolute atomic E-state index is 13.1. The summed E-state index contributed by atoms with van der Waals surface area (Å²) < 4.78 is 21.1. The third kappa shape index (κ3) is 16.0. The number of nitrogens with one attached hydrogen (secondary N) is 4. The molecule has 68 heavy (non-hydrogen) atoms. The van der Waals surface area contributed by atoms with E-state index >= 15 is 0 Å². The van der Waals surface area contributed by atoms with E-state index < -0.39 is 84.6 Å². The molecule has 10 N–H and O–H groups in total. The van der Waals surface area contributed by atoms with Crippen molar-refractivity contribution in [2.45, 2.75) is 86.5 Å². The highest BCUT2D eigenvalue weighted by molar-refractivity contribution is 8.00. The zero-order chi connectivity index (χ0) is 49.3. The van der Waals surface area contributed by atoms with E-state index in [1.807, 2.05) is 4.90 Å². The van der Waals surface area contributed by atoms with E-state index in [-0.39, 0.29) is 113 Å². The SMILES string of the molecule is O=COCN1CCN(CCNC(=O)OCc2ccc(OC3OC(CO)C(O)C(O)C3O)cc2[N+](=O)[O-])CCN(CC(=O)O)CCN(C(NC(=O)CCCCC2SCC3NC(=O)NC32)C(=O)O)CC1. The van der Waals surface area contributed by atoms with Gasteiger partial charge in [0.25, 0.3) is 12.2 Å². The number of thioether (sulfide) groups is 1. The van der Waals surface area contributed by atoms with Crippen LogP contribution in [-0.4, -0.2) is 237 Å². The Morgan fingerprint density at radius 3 is 2.37 bits per heavy atom. The molecule has 27 nitrogen and oxygen atoms in total. The molecule has 0 saturated carbocycles. The largest absolute Gasteiger partial charge is 0.480 e. The highest BCUT2D eigenvalue weighted by Crippen LogP contribution is 2.33. The number of carboxylic acid groups (broad SMARTS) is 2. The number of alkyl carbamates (subject to hydrolysis) is 1. The zero-order valence-corrected chi connectivity index (χ0v) is 38.0. The van der Waals surface area contributed by atoms with Crippen molar-refractivity contribution >= 4 is 53.9 Å². The molecule has 4 heterocycles. The minimum atomic E-state index is -1.76. The average Bonchev–Trinajstić information content (AvgIpc) is 3.86. The molecule has 4 amide bonds. The van der Waals surface area contributed by atoms with Crippen LogP contribution in [-0.2, 0) is 40.0 Å². The molecule has 0 aliphatic carbocycles. The third-order valence-electron chi connectivity index (χ3n) is 11.9. The van der Waals surface area contributed by atoms with Crippen molar-refractivity contribution in [1.82, 2.24) is 40.9 Å². The summed E-state index contributed by atoms with van der Waals surface area (Å²) in [7, 11) is 0. The Hall–Kier alpha value is -5.17. The first-order valence-corrected chi connectivity index (χ1v) is 23.2. The molecular formula is C40H61N9O18S. The van der Waals surface area contributed by atoms with Gasteiger partial charge in [0.15, 0.2) is 6.17 Å². The number of benzene rings is 1. The number of unbranched alkanes of at least 4 members (excludes halogenated alkanes) is 1. The summed E-state index contributed by atoms with van der Waals surface area (Å²) in [5, 5.41) is 82.9. The van der Waals surface area contributed by atoms with Crippen LogP contribution in [0.25, 0.3) is 0 Å². The molecule has 9 atom stereocenters. The Kier molecular flexibility index (Phi) is 21.0. The van der Waals surface area contributed by atoms with E-state index in [0.29, 0.717) is 25.9 Å². The number of nitro benzene ring substituents is 1. The van der Waals surface area contributed by atoms with Crippen LogP contribution < -0.4 is 26.0 Å². The van der Waals surface area contributed by atoms with Crippen molar-refractivity contribution in [3.05, 3.63) is 33.9 Å². The number of hydrogen-bond donors (Lipinski definition) is 10. The molecule has 1 aromatic rings. The molecule has 0 bridgehead atoms. The molecule has 380 valence electrons. The number of ether oxygens (including phenoxy) is 4. The van der Waals surface area contributed by atoms with Gasteiger partial charge in [-0.25, -0.2) is 14.4 Å². The Bertz CT molecular complexity index is 1890. The van der Waals surface area contributed by atoms with Crippen LogP contribution in [0.5, 0.6) is 5.75 Å². The summed E-state index contributed by atoms with van der Waals surface area (Å²) in [5.41, 5.74) is -0.539. The van der Waals surface area contributed by atoms with Crippen LogP contribution in [0.4, 0.5) is 15.3 Å². The maximum Gasteiger partial charge on any atom is 0.407 e. The van der Waals surface area contributed by atoms with Gasteiger partial charge in [0.1, 0.15) is 43.5 Å². The smallest absolute Gasteiger partial charge is 0.407 e. The highest BCUT2D eigenvalue weighted by Gasteiger charge is 2.45. The number of rotatable bonds is 22. The van der Waals surface area contributed by atoms with Crippen LogP contribution in [0, 0.1) is 10.1 Å². The standard InChI is InChI=1S/C40H61N9O18S/c50-19-28-33(55)34(56)35(57)38(67-28)66-25-6-5-24(27(17-25)49(62)63)20-65-40(61)41-7-8-45-9-11-46(18-31(53)54)13-15-48(16-14-47(12-10-45)22-64-23-51)36(37(58)59)43-30(52)4-2-1-3-29-32-26(21-68-29)42-39(60)44-32/h5-6,17,23,26,28-29,32-36,38,50,55-57H,1-4,7-16,18-22H2,(H,41,61)(H,43,52)(H,53,54)(H,58,59)(H2,42,44,60). The number of carbonyl (C=O) groups is 6. The topological polar surface area (TPSA) is 365 Å². The minimum absolute atomic E-state index is 0.0237. The van der Waals surface area contributed by atoms with Gasteiger partial charge in [-0.3, -0.25) is 44.1 Å². The summed E-state index contributed by atoms with van der Waals surface area (Å²) in [6.07, 6.45) is -8.30. The summed E-state index contributed by atoms with van der Waals surface area (Å²) in [5.74, 6) is -2.25. The van der Waals surface area contributed by atoms with Crippen LogP contribution in [0.1, 0.15) is 31.2 Å². The minimum Gasteiger partial charge on any atom is -0.480 e. The number of urea groups is 1. The lowest BCUT2D eigenvalue weighted by Gasteiger charge is -2.39. The number of carboxylic acids is 2. The molecule has 4 saturated heterocycles. The first kappa shape index (κ1) is 53.8. The van der Waals surface area contributed by atoms with Crippen molar-refractivity contribution in [3.63, 3.8) is 0 Å². The fourth-order valence-corrected chi connectivity index (χ4v) is 9.72. The predicted octanol–water partition coefficient (Wildman–Crippen LogP) is -3.31. The van der Waals surface area contributed by atoms with Gasteiger partial charge >= 0.3 is 24.1 Å². The molecule has 9 unspecified atom stereocenters. The lowest BCUT2D eigenvalue weighted by atomic mass is 9.99. The fraction of sp³-hybridized carbons (Fsp3) is 0.700. The van der Waals surface area contributed by atoms with Gasteiger partial charge < -0.3 is 70.9 Å². The van der Waals surface area contributed by atoms with Crippen molar-refractivity contribution in [3.8, 4) is 5.75 Å². The second kappa shape index (κ2) is 26.5. The molecule has 0 aromatic heterocycles. The Morgan fingerprint density at radius 2 is 1.68 bits per heavy atom. The number of nitro groups is 1.